The maximum absolute atomic E-state index is 11.3. The number of hydrogen-bond acceptors (Lipinski definition) is 5. The average molecular weight is 243 g/mol. The number of nitro groups is 1. The van der Waals surface area contributed by atoms with Crippen molar-refractivity contribution < 1.29 is 14.8 Å². The largest absolute Gasteiger partial charge is 0.479 e. The molecule has 8 heteroatoms. The van der Waals surface area contributed by atoms with Gasteiger partial charge in [-0.25, -0.2) is 4.79 Å². The maximum Gasteiger partial charge on any atom is 0.381 e. The first-order valence-corrected chi connectivity index (χ1v) is 5.72. The van der Waals surface area contributed by atoms with Crippen LogP contribution in [0.25, 0.3) is 0 Å². The molecule has 86 valence electrons. The summed E-state index contributed by atoms with van der Waals surface area (Å²) < 4.78 is 1.34. The van der Waals surface area contributed by atoms with Crippen LogP contribution in [0.1, 0.15) is 6.42 Å². The lowest BCUT2D eigenvalue weighted by Crippen LogP contribution is -2.41. The van der Waals surface area contributed by atoms with Gasteiger partial charge in [-0.15, -0.1) is 0 Å². The van der Waals surface area contributed by atoms with Crippen molar-refractivity contribution in [2.24, 2.45) is 0 Å². The van der Waals surface area contributed by atoms with Crippen molar-refractivity contribution in [1.82, 2.24) is 9.55 Å². The van der Waals surface area contributed by atoms with Crippen LogP contribution in [0.4, 0.5) is 5.82 Å². The fourth-order valence-corrected chi connectivity index (χ4v) is 3.06. The number of carboxylic acid groups (broad SMARTS) is 1. The molecule has 0 amide bonds. The Morgan fingerprint density at radius 1 is 1.75 bits per heavy atom. The highest BCUT2D eigenvalue weighted by molar-refractivity contribution is 7.99. The summed E-state index contributed by atoms with van der Waals surface area (Å²) >= 11 is 1.52. The molecule has 1 aliphatic rings. The Kier molecular flexibility index (Phi) is 2.58. The molecule has 1 fully saturated rings. The monoisotopic (exact) mass is 243 g/mol. The average Bonchev–Trinajstić information content (AvgIpc) is 2.87. The summed E-state index contributed by atoms with van der Waals surface area (Å²) in [6, 6.07) is 0. The predicted molar refractivity (Wildman–Crippen MR) is 56.4 cm³/mol. The highest BCUT2D eigenvalue weighted by Gasteiger charge is 2.44. The number of imidazole rings is 1. The molecule has 1 unspecified atom stereocenters. The molecular weight excluding hydrogens is 234 g/mol. The third-order valence-electron chi connectivity index (χ3n) is 2.65. The Morgan fingerprint density at radius 2 is 2.50 bits per heavy atom. The van der Waals surface area contributed by atoms with Crippen molar-refractivity contribution in [3.63, 3.8) is 0 Å². The van der Waals surface area contributed by atoms with Gasteiger partial charge in [-0.05, 0) is 22.1 Å². The zero-order chi connectivity index (χ0) is 11.8. The Bertz CT molecular complexity index is 438. The van der Waals surface area contributed by atoms with Crippen LogP contribution in [-0.4, -0.2) is 37.1 Å². The van der Waals surface area contributed by atoms with Gasteiger partial charge in [0.2, 0.25) is 6.33 Å². The van der Waals surface area contributed by atoms with E-state index in [9.17, 15) is 20.0 Å². The van der Waals surface area contributed by atoms with Gasteiger partial charge in [0.05, 0.1) is 0 Å². The zero-order valence-corrected chi connectivity index (χ0v) is 9.01. The molecular formula is C8H9N3O4S. The fraction of sp³-hybridized carbons (Fsp3) is 0.500. The van der Waals surface area contributed by atoms with Crippen LogP contribution < -0.4 is 0 Å². The number of hydrogen-bond donors (Lipinski definition) is 1. The minimum atomic E-state index is -1.08. The van der Waals surface area contributed by atoms with Crippen LogP contribution in [-0.2, 0) is 10.3 Å². The van der Waals surface area contributed by atoms with Crippen molar-refractivity contribution in [1.29, 1.82) is 0 Å². The third kappa shape index (κ3) is 1.54. The van der Waals surface area contributed by atoms with Crippen molar-refractivity contribution in [2.45, 2.75) is 12.0 Å². The van der Waals surface area contributed by atoms with Crippen LogP contribution in [0.15, 0.2) is 12.5 Å². The quantitative estimate of drug-likeness (QED) is 0.620. The molecule has 2 rings (SSSR count). The molecule has 0 aromatic carbocycles. The second-order valence-corrected chi connectivity index (χ2v) is 4.64. The summed E-state index contributed by atoms with van der Waals surface area (Å²) in [5.74, 6) is -0.143. The lowest BCUT2D eigenvalue weighted by atomic mass is 9.99. The molecule has 1 atom stereocenters. The van der Waals surface area contributed by atoms with Crippen molar-refractivity contribution in [3.8, 4) is 0 Å². The number of carbonyl (C=O) groups is 1. The van der Waals surface area contributed by atoms with E-state index in [1.54, 1.807) is 0 Å². The van der Waals surface area contributed by atoms with E-state index in [2.05, 4.69) is 4.98 Å². The second-order valence-electron chi connectivity index (χ2n) is 3.54. The van der Waals surface area contributed by atoms with Crippen LogP contribution in [0.2, 0.25) is 0 Å². The molecule has 0 bridgehead atoms. The minimum absolute atomic E-state index is 0.322. The molecule has 1 aromatic heterocycles. The van der Waals surface area contributed by atoms with E-state index in [1.165, 1.54) is 28.9 Å². The van der Waals surface area contributed by atoms with Gasteiger partial charge in [0, 0.05) is 5.75 Å². The van der Waals surface area contributed by atoms with Gasteiger partial charge in [0.25, 0.3) is 0 Å². The third-order valence-corrected chi connectivity index (χ3v) is 3.82. The van der Waals surface area contributed by atoms with Gasteiger partial charge in [-0.3, -0.25) is 4.57 Å². The standard InChI is InChI=1S/C8H9N3O4S/c12-7(13)8(1-2-16-4-8)10-3-6(9-5-10)11(14)15/h3,5H,1-2,4H2,(H,12,13). The van der Waals surface area contributed by atoms with Crippen LogP contribution in [0.3, 0.4) is 0 Å². The normalized spacial score (nSPS) is 24.5. The van der Waals surface area contributed by atoms with Gasteiger partial charge in [-0.2, -0.15) is 11.8 Å². The molecule has 1 aromatic rings. The van der Waals surface area contributed by atoms with E-state index in [-0.39, 0.29) is 5.82 Å². The molecule has 2 heterocycles. The van der Waals surface area contributed by atoms with E-state index in [1.807, 2.05) is 0 Å². The Labute approximate surface area is 94.6 Å². The summed E-state index contributed by atoms with van der Waals surface area (Å²) in [6.07, 6.45) is 2.86. The van der Waals surface area contributed by atoms with Gasteiger partial charge < -0.3 is 15.2 Å². The number of carboxylic acids is 1. The van der Waals surface area contributed by atoms with Gasteiger partial charge in [-0.1, -0.05) is 0 Å². The number of rotatable bonds is 3. The summed E-state index contributed by atoms with van der Waals surface area (Å²) in [5.41, 5.74) is -1.08. The van der Waals surface area contributed by atoms with Gasteiger partial charge >= 0.3 is 11.8 Å². The van der Waals surface area contributed by atoms with Crippen molar-refractivity contribution in [2.75, 3.05) is 11.5 Å². The molecule has 1 saturated heterocycles. The SMILES string of the molecule is O=C(O)C1(n2cnc([N+](=O)[O-])c2)CCSC1. The first kappa shape index (κ1) is 10.9. The molecule has 7 nitrogen and oxygen atoms in total. The Hall–Kier alpha value is -1.57. The molecule has 1 N–H and O–H groups in total. The summed E-state index contributed by atoms with van der Waals surface area (Å²) in [6.45, 7) is 0. The topological polar surface area (TPSA) is 98.3 Å². The smallest absolute Gasteiger partial charge is 0.381 e. The van der Waals surface area contributed by atoms with Crippen LogP contribution >= 0.6 is 11.8 Å². The van der Waals surface area contributed by atoms with E-state index in [0.717, 1.165) is 5.75 Å². The molecule has 0 aliphatic carbocycles. The number of aromatic nitrogens is 2. The fourth-order valence-electron chi connectivity index (χ4n) is 1.68. The zero-order valence-electron chi connectivity index (χ0n) is 8.20. The van der Waals surface area contributed by atoms with E-state index < -0.39 is 16.4 Å². The first-order chi connectivity index (χ1) is 7.56. The van der Waals surface area contributed by atoms with E-state index in [4.69, 9.17) is 0 Å². The van der Waals surface area contributed by atoms with Crippen molar-refractivity contribution in [3.05, 3.63) is 22.6 Å². The first-order valence-electron chi connectivity index (χ1n) is 4.56. The van der Waals surface area contributed by atoms with E-state index >= 15 is 0 Å². The maximum atomic E-state index is 11.3. The number of nitrogens with zero attached hydrogens (tertiary/aromatic N) is 3. The molecule has 1 aliphatic heterocycles. The molecule has 0 spiro atoms. The highest BCUT2D eigenvalue weighted by Crippen LogP contribution is 2.35. The second kappa shape index (κ2) is 3.78. The Balaban J connectivity index is 2.40. The molecule has 0 radical (unpaired) electrons. The van der Waals surface area contributed by atoms with Crippen LogP contribution in [0, 0.1) is 10.1 Å². The van der Waals surface area contributed by atoms with Gasteiger partial charge in [0.1, 0.15) is 6.20 Å². The predicted octanol–water partition coefficient (Wildman–Crippen LogP) is 0.708. The number of aliphatic carboxylic acids is 1. The summed E-state index contributed by atoms with van der Waals surface area (Å²) in [5, 5.41) is 19.7. The van der Waals surface area contributed by atoms with Crippen molar-refractivity contribution >= 4 is 23.5 Å². The highest BCUT2D eigenvalue weighted by atomic mass is 32.2. The van der Waals surface area contributed by atoms with Gasteiger partial charge in [0.15, 0.2) is 5.54 Å². The van der Waals surface area contributed by atoms with Crippen LogP contribution in [0.5, 0.6) is 0 Å². The number of thioether (sulfide) groups is 1. The summed E-state index contributed by atoms with van der Waals surface area (Å²) in [4.78, 5) is 24.7. The lowest BCUT2D eigenvalue weighted by molar-refractivity contribution is -0.389. The molecule has 0 saturated carbocycles. The molecule has 16 heavy (non-hydrogen) atoms. The minimum Gasteiger partial charge on any atom is -0.479 e. The Morgan fingerprint density at radius 3 is 2.94 bits per heavy atom. The lowest BCUT2D eigenvalue weighted by Gasteiger charge is -2.23. The van der Waals surface area contributed by atoms with E-state index in [0.29, 0.717) is 12.2 Å². The summed E-state index contributed by atoms with van der Waals surface area (Å²) in [7, 11) is 0.